The van der Waals surface area contributed by atoms with E-state index in [2.05, 4.69) is 10.1 Å². The molecule has 0 saturated heterocycles. The van der Waals surface area contributed by atoms with Gasteiger partial charge in [0.1, 0.15) is 0 Å². The second-order valence-electron chi connectivity index (χ2n) is 2.73. The molecule has 0 aliphatic carbocycles. The molecule has 0 spiro atoms. The summed E-state index contributed by atoms with van der Waals surface area (Å²) in [5.41, 5.74) is 2.45. The van der Waals surface area contributed by atoms with Gasteiger partial charge < -0.3 is 9.15 Å². The van der Waals surface area contributed by atoms with E-state index in [0.29, 0.717) is 12.3 Å². The van der Waals surface area contributed by atoms with Gasteiger partial charge in [0.2, 0.25) is 0 Å². The molecule has 5 nitrogen and oxygen atoms in total. The third kappa shape index (κ3) is 0.660. The number of rotatable bonds is 0. The van der Waals surface area contributed by atoms with E-state index in [1.54, 1.807) is 0 Å². The maximum atomic E-state index is 5.29. The molecule has 0 unspecified atom stereocenters. The molecule has 0 atom stereocenters. The summed E-state index contributed by atoms with van der Waals surface area (Å²) in [5, 5.41) is 4.22. The van der Waals surface area contributed by atoms with Gasteiger partial charge in [0.15, 0.2) is 11.9 Å². The third-order valence-corrected chi connectivity index (χ3v) is 2.03. The highest BCUT2D eigenvalue weighted by atomic mass is 16.5. The summed E-state index contributed by atoms with van der Waals surface area (Å²) >= 11 is 0. The third-order valence-electron chi connectivity index (χ3n) is 2.03. The van der Waals surface area contributed by atoms with Crippen LogP contribution in [0.1, 0.15) is 5.69 Å². The highest BCUT2D eigenvalue weighted by molar-refractivity contribution is 5.70. The summed E-state index contributed by atoms with van der Waals surface area (Å²) in [4.78, 5) is 4.06. The number of hydrogen-bond donors (Lipinski definition) is 0. The van der Waals surface area contributed by atoms with Gasteiger partial charge >= 0.3 is 0 Å². The first-order valence-electron chi connectivity index (χ1n) is 3.82. The van der Waals surface area contributed by atoms with Crippen LogP contribution in [0.4, 0.5) is 0 Å². The van der Waals surface area contributed by atoms with Crippen molar-refractivity contribution in [1.29, 1.82) is 0 Å². The van der Waals surface area contributed by atoms with Gasteiger partial charge in [0.25, 0.3) is 5.71 Å². The Morgan fingerprint density at radius 1 is 1.50 bits per heavy atom. The zero-order chi connectivity index (χ0) is 7.97. The molecule has 0 bridgehead atoms. The zero-order valence-corrected chi connectivity index (χ0v) is 6.36. The molecule has 0 N–H and O–H groups in total. The number of hydrogen-bond acceptors (Lipinski definition) is 4. The van der Waals surface area contributed by atoms with E-state index in [9.17, 15) is 0 Å². The Bertz CT molecular complexity index is 417. The largest absolute Gasteiger partial charge is 0.424 e. The molecule has 1 aliphatic heterocycles. The van der Waals surface area contributed by atoms with Crippen molar-refractivity contribution >= 4 is 11.2 Å². The summed E-state index contributed by atoms with van der Waals surface area (Å²) in [6.45, 7) is 2.10. The highest BCUT2D eigenvalue weighted by Crippen LogP contribution is 2.19. The molecule has 12 heavy (non-hydrogen) atoms. The van der Waals surface area contributed by atoms with Crippen LogP contribution in [-0.4, -0.2) is 21.4 Å². The van der Waals surface area contributed by atoms with E-state index in [1.165, 1.54) is 6.39 Å². The maximum Gasteiger partial charge on any atom is 0.265 e. The number of ether oxygens (including phenoxy) is 1. The topological polar surface area (TPSA) is 53.1 Å². The van der Waals surface area contributed by atoms with Crippen molar-refractivity contribution in [2.75, 3.05) is 6.61 Å². The number of oxazole rings is 1. The molecule has 0 amide bonds. The summed E-state index contributed by atoms with van der Waals surface area (Å²) in [6.07, 6.45) is 1.41. The van der Waals surface area contributed by atoms with Gasteiger partial charge in [-0.2, -0.15) is 0 Å². The summed E-state index contributed by atoms with van der Waals surface area (Å²) in [7, 11) is 0. The lowest BCUT2D eigenvalue weighted by atomic mass is 10.4. The lowest BCUT2D eigenvalue weighted by Gasteiger charge is -2.12. The Balaban J connectivity index is 2.34. The first-order valence-corrected chi connectivity index (χ1v) is 3.82. The van der Waals surface area contributed by atoms with Crippen molar-refractivity contribution in [3.05, 3.63) is 12.1 Å². The molecule has 3 heterocycles. The minimum atomic E-state index is 0.586. The van der Waals surface area contributed by atoms with Crippen LogP contribution in [0.2, 0.25) is 0 Å². The molecule has 2 aromatic rings. The number of aromatic nitrogens is 3. The minimum absolute atomic E-state index is 0.586. The van der Waals surface area contributed by atoms with E-state index in [0.717, 1.165) is 24.4 Å². The minimum Gasteiger partial charge on any atom is -0.424 e. The van der Waals surface area contributed by atoms with Gasteiger partial charge in [-0.3, -0.25) is 4.68 Å². The summed E-state index contributed by atoms with van der Waals surface area (Å²) in [5.74, 6) is 0. The summed E-state index contributed by atoms with van der Waals surface area (Å²) < 4.78 is 12.3. The van der Waals surface area contributed by atoms with Crippen molar-refractivity contribution < 1.29 is 9.15 Å². The second kappa shape index (κ2) is 2.07. The molecule has 0 fully saturated rings. The van der Waals surface area contributed by atoms with Gasteiger partial charge in [0, 0.05) is 0 Å². The van der Waals surface area contributed by atoms with Crippen LogP contribution in [-0.2, 0) is 17.9 Å². The van der Waals surface area contributed by atoms with E-state index in [4.69, 9.17) is 9.15 Å². The average Bonchev–Trinajstić information content (AvgIpc) is 2.62. The fraction of sp³-hybridized carbons (Fsp3) is 0.429. The van der Waals surface area contributed by atoms with Crippen LogP contribution >= 0.6 is 0 Å². The molecule has 3 rings (SSSR count). The Kier molecular flexibility index (Phi) is 1.07. The second-order valence-corrected chi connectivity index (χ2v) is 2.73. The van der Waals surface area contributed by atoms with E-state index in [1.807, 2.05) is 4.68 Å². The first kappa shape index (κ1) is 6.19. The lowest BCUT2D eigenvalue weighted by Crippen LogP contribution is -2.17. The molecule has 0 aromatic carbocycles. The van der Waals surface area contributed by atoms with Gasteiger partial charge in [0.05, 0.1) is 25.5 Å². The van der Waals surface area contributed by atoms with E-state index >= 15 is 0 Å². The van der Waals surface area contributed by atoms with Crippen molar-refractivity contribution in [2.24, 2.45) is 0 Å². The number of fused-ring (bicyclic) bond motifs is 3. The Morgan fingerprint density at radius 3 is 3.50 bits per heavy atom. The van der Waals surface area contributed by atoms with Crippen molar-refractivity contribution in [3.63, 3.8) is 0 Å². The predicted octanol–water partition coefficient (Wildman–Crippen LogP) is 0.554. The van der Waals surface area contributed by atoms with Gasteiger partial charge in [-0.25, -0.2) is 4.98 Å². The average molecular weight is 165 g/mol. The van der Waals surface area contributed by atoms with Crippen molar-refractivity contribution in [2.45, 2.75) is 13.2 Å². The lowest BCUT2D eigenvalue weighted by molar-refractivity contribution is 0.0808. The Labute approximate surface area is 67.9 Å². The van der Waals surface area contributed by atoms with Crippen LogP contribution in [0, 0.1) is 0 Å². The zero-order valence-electron chi connectivity index (χ0n) is 6.36. The normalized spacial score (nSPS) is 16.7. The van der Waals surface area contributed by atoms with Gasteiger partial charge in [-0.05, 0) is 0 Å². The van der Waals surface area contributed by atoms with Crippen molar-refractivity contribution in [1.82, 2.24) is 14.8 Å². The predicted molar refractivity (Wildman–Crippen MR) is 39.5 cm³/mol. The number of nitrogens with zero attached hydrogens (tertiary/aromatic N) is 3. The molecular formula is C7H7N3O2. The van der Waals surface area contributed by atoms with Gasteiger partial charge in [-0.1, -0.05) is 0 Å². The van der Waals surface area contributed by atoms with Crippen LogP contribution in [0.3, 0.4) is 0 Å². The molecule has 2 aromatic heterocycles. The van der Waals surface area contributed by atoms with Crippen LogP contribution in [0.25, 0.3) is 11.2 Å². The molecule has 0 radical (unpaired) electrons. The van der Waals surface area contributed by atoms with Crippen LogP contribution < -0.4 is 0 Å². The van der Waals surface area contributed by atoms with E-state index in [-0.39, 0.29) is 0 Å². The van der Waals surface area contributed by atoms with Crippen LogP contribution in [0.5, 0.6) is 0 Å². The fourth-order valence-corrected chi connectivity index (χ4v) is 1.45. The standard InChI is InChI=1S/C7H7N3O2/c1-2-11-3-5-6-7(9-10(1)5)12-4-8-6/h4H,1-3H2. The molecule has 5 heteroatoms. The highest BCUT2D eigenvalue weighted by Gasteiger charge is 2.17. The van der Waals surface area contributed by atoms with Crippen molar-refractivity contribution in [3.8, 4) is 0 Å². The summed E-state index contributed by atoms with van der Waals surface area (Å²) in [6, 6.07) is 0. The molecule has 0 saturated carbocycles. The van der Waals surface area contributed by atoms with Crippen LogP contribution in [0.15, 0.2) is 10.8 Å². The van der Waals surface area contributed by atoms with E-state index < -0.39 is 0 Å². The van der Waals surface area contributed by atoms with Gasteiger partial charge in [-0.15, -0.1) is 5.10 Å². The monoisotopic (exact) mass is 165 g/mol. The Hall–Kier alpha value is -1.36. The Morgan fingerprint density at radius 2 is 2.50 bits per heavy atom. The fourth-order valence-electron chi connectivity index (χ4n) is 1.45. The first-order chi connectivity index (χ1) is 5.95. The quantitative estimate of drug-likeness (QED) is 0.572. The maximum absolute atomic E-state index is 5.29. The smallest absolute Gasteiger partial charge is 0.265 e. The molecule has 62 valence electrons. The SMILES string of the molecule is c1nc2c3n(nc2o1)CCOC3. The molecular weight excluding hydrogens is 158 g/mol. The molecule has 1 aliphatic rings.